The molecule has 0 aliphatic rings. The van der Waals surface area contributed by atoms with E-state index in [-0.39, 0.29) is 0 Å². The van der Waals surface area contributed by atoms with Crippen LogP contribution in [0.2, 0.25) is 0 Å². The Hall–Kier alpha value is -1.29. The summed E-state index contributed by atoms with van der Waals surface area (Å²) in [6.45, 7) is 7.12. The molecule has 0 saturated carbocycles. The Kier molecular flexibility index (Phi) is 3.76. The summed E-state index contributed by atoms with van der Waals surface area (Å²) < 4.78 is 3.18. The molecule has 4 heteroatoms. The zero-order valence-corrected chi connectivity index (χ0v) is 12.6. The lowest BCUT2D eigenvalue weighted by molar-refractivity contribution is 0.713. The van der Waals surface area contributed by atoms with E-state index < -0.39 is 0 Å². The summed E-state index contributed by atoms with van der Waals surface area (Å²) in [5.74, 6) is 1.81. The monoisotopic (exact) mass is 307 g/mol. The van der Waals surface area contributed by atoms with Gasteiger partial charge in [-0.15, -0.1) is 0 Å². The molecule has 0 spiro atoms. The third-order valence-corrected chi connectivity index (χ3v) is 4.04. The Balaban J connectivity index is 2.56. The van der Waals surface area contributed by atoms with Crippen LogP contribution in [-0.4, -0.2) is 9.55 Å². The molecule has 2 aromatic rings. The number of nitrogens with two attached hydrogens (primary N) is 1. The summed E-state index contributed by atoms with van der Waals surface area (Å²) >= 11 is 3.51. The smallest absolute Gasteiger partial charge is 0.131 e. The van der Waals surface area contributed by atoms with Crippen molar-refractivity contribution in [2.45, 2.75) is 33.7 Å². The first-order valence-corrected chi connectivity index (χ1v) is 6.99. The molecule has 1 aromatic carbocycles. The molecular weight excluding hydrogens is 290 g/mol. The van der Waals surface area contributed by atoms with Crippen LogP contribution in [0, 0.1) is 6.92 Å². The molecule has 0 fully saturated rings. The molecule has 0 aliphatic carbocycles. The zero-order chi connectivity index (χ0) is 13.3. The molecule has 0 aliphatic heterocycles. The summed E-state index contributed by atoms with van der Waals surface area (Å²) in [6.07, 6.45) is 0.896. The van der Waals surface area contributed by atoms with Gasteiger partial charge in [0.15, 0.2) is 0 Å². The molecule has 0 bridgehead atoms. The number of imidazole rings is 1. The lowest BCUT2D eigenvalue weighted by Crippen LogP contribution is -2.04. The highest BCUT2D eigenvalue weighted by molar-refractivity contribution is 9.10. The van der Waals surface area contributed by atoms with Crippen molar-refractivity contribution >= 4 is 21.7 Å². The molecule has 0 unspecified atom stereocenters. The summed E-state index contributed by atoms with van der Waals surface area (Å²) in [7, 11) is 0. The minimum Gasteiger partial charge on any atom is -0.383 e. The van der Waals surface area contributed by atoms with Crippen molar-refractivity contribution < 1.29 is 0 Å². The summed E-state index contributed by atoms with van der Waals surface area (Å²) in [5.41, 5.74) is 9.36. The standard InChI is InChI=1S/C14H18BrN3/c1-4-12-17-13(14(16)18(12)5-2)10-6-7-11(15)9(3)8-10/h6-8H,4-5,16H2,1-3H3. The van der Waals surface area contributed by atoms with E-state index in [2.05, 4.69) is 58.4 Å². The number of hydrogen-bond acceptors (Lipinski definition) is 2. The highest BCUT2D eigenvalue weighted by Crippen LogP contribution is 2.29. The molecule has 0 atom stereocenters. The largest absolute Gasteiger partial charge is 0.383 e. The van der Waals surface area contributed by atoms with Crippen LogP contribution in [0.4, 0.5) is 5.82 Å². The Bertz CT molecular complexity index is 573. The Labute approximate surface area is 116 Å². The average molecular weight is 308 g/mol. The molecule has 0 saturated heterocycles. The molecule has 1 aromatic heterocycles. The van der Waals surface area contributed by atoms with Gasteiger partial charge in [0.1, 0.15) is 17.3 Å². The number of halogens is 1. The van der Waals surface area contributed by atoms with E-state index in [4.69, 9.17) is 5.73 Å². The average Bonchev–Trinajstić information content (AvgIpc) is 2.69. The van der Waals surface area contributed by atoms with Crippen LogP contribution in [0.25, 0.3) is 11.3 Å². The molecule has 0 amide bonds. The predicted octanol–water partition coefficient (Wildman–Crippen LogP) is 3.79. The van der Waals surface area contributed by atoms with E-state index in [1.807, 2.05) is 6.07 Å². The van der Waals surface area contributed by atoms with Gasteiger partial charge in [-0.3, -0.25) is 0 Å². The summed E-state index contributed by atoms with van der Waals surface area (Å²) in [4.78, 5) is 4.66. The first-order chi connectivity index (χ1) is 8.58. The van der Waals surface area contributed by atoms with Gasteiger partial charge in [0, 0.05) is 23.0 Å². The topological polar surface area (TPSA) is 43.8 Å². The number of rotatable bonds is 3. The molecule has 96 valence electrons. The fourth-order valence-corrected chi connectivity index (χ4v) is 2.39. The molecule has 2 N–H and O–H groups in total. The van der Waals surface area contributed by atoms with Gasteiger partial charge in [-0.05, 0) is 31.5 Å². The molecule has 1 heterocycles. The number of aromatic nitrogens is 2. The lowest BCUT2D eigenvalue weighted by atomic mass is 10.1. The van der Waals surface area contributed by atoms with Crippen molar-refractivity contribution in [1.82, 2.24) is 9.55 Å². The SMILES string of the molecule is CCc1nc(-c2ccc(Br)c(C)c2)c(N)n1CC. The van der Waals surface area contributed by atoms with Crippen molar-refractivity contribution in [3.8, 4) is 11.3 Å². The number of hydrogen-bond donors (Lipinski definition) is 1. The third-order valence-electron chi connectivity index (χ3n) is 3.15. The first-order valence-electron chi connectivity index (χ1n) is 6.19. The number of aryl methyl sites for hydroxylation is 2. The van der Waals surface area contributed by atoms with Crippen LogP contribution in [0.3, 0.4) is 0 Å². The fraction of sp³-hybridized carbons (Fsp3) is 0.357. The van der Waals surface area contributed by atoms with E-state index in [0.29, 0.717) is 0 Å². The summed E-state index contributed by atoms with van der Waals surface area (Å²) in [5, 5.41) is 0. The Morgan fingerprint density at radius 1 is 1.33 bits per heavy atom. The second-order valence-electron chi connectivity index (χ2n) is 4.32. The van der Waals surface area contributed by atoms with E-state index in [1.54, 1.807) is 0 Å². The van der Waals surface area contributed by atoms with Gasteiger partial charge >= 0.3 is 0 Å². The van der Waals surface area contributed by atoms with Crippen LogP contribution in [-0.2, 0) is 13.0 Å². The quantitative estimate of drug-likeness (QED) is 0.937. The van der Waals surface area contributed by atoms with Gasteiger partial charge in [-0.25, -0.2) is 4.98 Å². The van der Waals surface area contributed by atoms with E-state index in [9.17, 15) is 0 Å². The van der Waals surface area contributed by atoms with Crippen molar-refractivity contribution in [2.24, 2.45) is 0 Å². The fourth-order valence-electron chi connectivity index (χ4n) is 2.14. The van der Waals surface area contributed by atoms with Gasteiger partial charge < -0.3 is 10.3 Å². The van der Waals surface area contributed by atoms with Gasteiger partial charge in [0.2, 0.25) is 0 Å². The van der Waals surface area contributed by atoms with Gasteiger partial charge in [0.25, 0.3) is 0 Å². The van der Waals surface area contributed by atoms with Crippen molar-refractivity contribution in [3.05, 3.63) is 34.1 Å². The Morgan fingerprint density at radius 3 is 2.56 bits per heavy atom. The third kappa shape index (κ3) is 2.17. The van der Waals surface area contributed by atoms with Crippen LogP contribution < -0.4 is 5.73 Å². The van der Waals surface area contributed by atoms with Gasteiger partial charge in [0.05, 0.1) is 0 Å². The predicted molar refractivity (Wildman–Crippen MR) is 79.6 cm³/mol. The van der Waals surface area contributed by atoms with Crippen molar-refractivity contribution in [2.75, 3.05) is 5.73 Å². The molecule has 18 heavy (non-hydrogen) atoms. The maximum Gasteiger partial charge on any atom is 0.131 e. The van der Waals surface area contributed by atoms with Crippen molar-refractivity contribution in [1.29, 1.82) is 0 Å². The van der Waals surface area contributed by atoms with E-state index >= 15 is 0 Å². The van der Waals surface area contributed by atoms with E-state index in [0.717, 1.165) is 40.3 Å². The Morgan fingerprint density at radius 2 is 2.06 bits per heavy atom. The number of nitrogens with zero attached hydrogens (tertiary/aromatic N) is 2. The molecule has 2 rings (SSSR count). The highest BCUT2D eigenvalue weighted by Gasteiger charge is 2.14. The maximum atomic E-state index is 6.20. The van der Waals surface area contributed by atoms with Crippen LogP contribution >= 0.6 is 15.9 Å². The second-order valence-corrected chi connectivity index (χ2v) is 5.18. The van der Waals surface area contributed by atoms with Crippen LogP contribution in [0.1, 0.15) is 25.2 Å². The number of anilines is 1. The lowest BCUT2D eigenvalue weighted by Gasteiger charge is -2.05. The molecule has 0 radical (unpaired) electrons. The normalized spacial score (nSPS) is 10.9. The second kappa shape index (κ2) is 5.14. The van der Waals surface area contributed by atoms with Crippen molar-refractivity contribution in [3.63, 3.8) is 0 Å². The van der Waals surface area contributed by atoms with Gasteiger partial charge in [-0.1, -0.05) is 28.9 Å². The summed E-state index contributed by atoms with van der Waals surface area (Å²) in [6, 6.07) is 6.21. The number of nitrogen functional groups attached to an aromatic ring is 1. The van der Waals surface area contributed by atoms with Gasteiger partial charge in [-0.2, -0.15) is 0 Å². The maximum absolute atomic E-state index is 6.20. The zero-order valence-electron chi connectivity index (χ0n) is 11.0. The minimum absolute atomic E-state index is 0.760. The van der Waals surface area contributed by atoms with E-state index in [1.165, 1.54) is 5.56 Å². The van der Waals surface area contributed by atoms with Crippen LogP contribution in [0.15, 0.2) is 22.7 Å². The molecule has 3 nitrogen and oxygen atoms in total. The van der Waals surface area contributed by atoms with Crippen LogP contribution in [0.5, 0.6) is 0 Å². The number of benzene rings is 1. The first kappa shape index (κ1) is 13.1. The molecular formula is C14H18BrN3. The highest BCUT2D eigenvalue weighted by atomic mass is 79.9. The minimum atomic E-state index is 0.760.